The molecule has 0 aliphatic heterocycles. The highest BCUT2D eigenvalue weighted by molar-refractivity contribution is 7.15. The molecule has 2 aromatic rings. The van der Waals surface area contributed by atoms with Crippen LogP contribution in [0.15, 0.2) is 6.20 Å². The first-order chi connectivity index (χ1) is 5.75. The summed E-state index contributed by atoms with van der Waals surface area (Å²) in [5.74, 6) is 0.683. The average Bonchev–Trinajstić information content (AvgIpc) is 2.58. The van der Waals surface area contributed by atoms with E-state index in [0.29, 0.717) is 11.0 Å². The van der Waals surface area contributed by atoms with E-state index >= 15 is 0 Å². The monoisotopic (exact) mass is 198 g/mol. The zero-order chi connectivity index (χ0) is 8.55. The van der Waals surface area contributed by atoms with Gasteiger partial charge in [0.05, 0.1) is 9.88 Å². The van der Waals surface area contributed by atoms with Crippen LogP contribution >= 0.6 is 22.9 Å². The van der Waals surface area contributed by atoms with E-state index < -0.39 is 0 Å². The van der Waals surface area contributed by atoms with E-state index in [-0.39, 0.29) is 0 Å². The number of anilines is 1. The number of thiazole rings is 1. The number of nitrogens with zero attached hydrogens (tertiary/aromatic N) is 3. The topological polar surface area (TPSA) is 64.7 Å². The Kier molecular flexibility index (Phi) is 1.78. The Morgan fingerprint density at radius 2 is 2.33 bits per heavy atom. The van der Waals surface area contributed by atoms with Crippen molar-refractivity contribution >= 4 is 28.0 Å². The van der Waals surface area contributed by atoms with Gasteiger partial charge in [0.15, 0.2) is 11.0 Å². The third kappa shape index (κ3) is 1.30. The lowest BCUT2D eigenvalue weighted by atomic mass is 10.5. The van der Waals surface area contributed by atoms with Crippen molar-refractivity contribution in [3.8, 4) is 10.7 Å². The Balaban J connectivity index is 2.43. The predicted octanol–water partition coefficient (Wildman–Crippen LogP) is 1.55. The molecule has 2 rings (SSSR count). The molecule has 0 amide bonds. The lowest BCUT2D eigenvalue weighted by Gasteiger charge is -1.82. The highest BCUT2D eigenvalue weighted by Gasteiger charge is 2.06. The lowest BCUT2D eigenvalue weighted by molar-refractivity contribution is 1.28. The predicted molar refractivity (Wildman–Crippen MR) is 50.2 cm³/mol. The SMILES string of the molecule is Cc1ncc(-c2nsc(N)n2)s1. The summed E-state index contributed by atoms with van der Waals surface area (Å²) >= 11 is 2.77. The van der Waals surface area contributed by atoms with Gasteiger partial charge in [0, 0.05) is 17.7 Å². The molecule has 0 aliphatic rings. The third-order valence-electron chi connectivity index (χ3n) is 1.28. The summed E-state index contributed by atoms with van der Waals surface area (Å²) in [6.07, 6.45) is 1.77. The lowest BCUT2D eigenvalue weighted by Crippen LogP contribution is -1.81. The van der Waals surface area contributed by atoms with Crippen molar-refractivity contribution in [1.82, 2.24) is 14.3 Å². The summed E-state index contributed by atoms with van der Waals surface area (Å²) < 4.78 is 4.08. The molecular weight excluding hydrogens is 192 g/mol. The first-order valence-corrected chi connectivity index (χ1v) is 4.86. The van der Waals surface area contributed by atoms with Crippen LogP contribution in [-0.2, 0) is 0 Å². The third-order valence-corrected chi connectivity index (χ3v) is 2.73. The van der Waals surface area contributed by atoms with Crippen LogP contribution in [0.2, 0.25) is 0 Å². The molecule has 0 saturated heterocycles. The van der Waals surface area contributed by atoms with Crippen LogP contribution in [0, 0.1) is 6.92 Å². The second-order valence-corrected chi connectivity index (χ2v) is 4.22. The number of hydrogen-bond acceptors (Lipinski definition) is 6. The number of nitrogens with two attached hydrogens (primary N) is 1. The van der Waals surface area contributed by atoms with E-state index in [0.717, 1.165) is 9.88 Å². The minimum Gasteiger partial charge on any atom is -0.374 e. The van der Waals surface area contributed by atoms with E-state index in [4.69, 9.17) is 5.73 Å². The van der Waals surface area contributed by atoms with Crippen molar-refractivity contribution in [2.45, 2.75) is 6.92 Å². The summed E-state index contributed by atoms with van der Waals surface area (Å²) in [6, 6.07) is 0. The van der Waals surface area contributed by atoms with Crippen molar-refractivity contribution < 1.29 is 0 Å². The van der Waals surface area contributed by atoms with E-state index in [9.17, 15) is 0 Å². The van der Waals surface area contributed by atoms with Crippen LogP contribution in [-0.4, -0.2) is 14.3 Å². The zero-order valence-electron chi connectivity index (χ0n) is 6.31. The highest BCUT2D eigenvalue weighted by atomic mass is 32.1. The fourth-order valence-electron chi connectivity index (χ4n) is 0.800. The molecular formula is C6H6N4S2. The second kappa shape index (κ2) is 2.80. The van der Waals surface area contributed by atoms with Crippen molar-refractivity contribution in [3.05, 3.63) is 11.2 Å². The molecule has 0 fully saturated rings. The Hall–Kier alpha value is -1.01. The largest absolute Gasteiger partial charge is 0.374 e. The van der Waals surface area contributed by atoms with Gasteiger partial charge in [0.1, 0.15) is 0 Å². The Labute approximate surface area is 77.3 Å². The molecule has 0 bridgehead atoms. The van der Waals surface area contributed by atoms with Gasteiger partial charge in [-0.3, -0.25) is 0 Å². The minimum atomic E-state index is 0.496. The molecule has 0 aliphatic carbocycles. The van der Waals surface area contributed by atoms with Crippen molar-refractivity contribution in [1.29, 1.82) is 0 Å². The number of aromatic nitrogens is 3. The highest BCUT2D eigenvalue weighted by Crippen LogP contribution is 2.24. The van der Waals surface area contributed by atoms with Gasteiger partial charge in [-0.15, -0.1) is 11.3 Å². The molecule has 0 saturated carbocycles. The molecule has 0 radical (unpaired) electrons. The number of rotatable bonds is 1. The summed E-state index contributed by atoms with van der Waals surface area (Å²) in [4.78, 5) is 9.13. The molecule has 2 heterocycles. The Bertz CT molecular complexity index is 353. The maximum atomic E-state index is 5.45. The smallest absolute Gasteiger partial charge is 0.200 e. The fourth-order valence-corrected chi connectivity index (χ4v) is 2.02. The van der Waals surface area contributed by atoms with E-state index in [1.54, 1.807) is 17.5 Å². The summed E-state index contributed by atoms with van der Waals surface area (Å²) in [7, 11) is 0. The van der Waals surface area contributed by atoms with Gasteiger partial charge in [0.25, 0.3) is 0 Å². The number of aryl methyl sites for hydroxylation is 1. The standard InChI is InChI=1S/C6H6N4S2/c1-3-8-2-4(11-3)5-9-6(7)12-10-5/h2H,1H3,(H2,7,9,10). The van der Waals surface area contributed by atoms with Gasteiger partial charge in [-0.2, -0.15) is 9.36 Å². The van der Waals surface area contributed by atoms with E-state index in [2.05, 4.69) is 14.3 Å². The average molecular weight is 198 g/mol. The fraction of sp³-hybridized carbons (Fsp3) is 0.167. The van der Waals surface area contributed by atoms with Crippen LogP contribution in [0.4, 0.5) is 5.13 Å². The first-order valence-electron chi connectivity index (χ1n) is 3.27. The Morgan fingerprint density at radius 3 is 2.83 bits per heavy atom. The molecule has 4 nitrogen and oxygen atoms in total. The molecule has 62 valence electrons. The Morgan fingerprint density at radius 1 is 1.50 bits per heavy atom. The van der Waals surface area contributed by atoms with E-state index in [1.165, 1.54) is 11.5 Å². The molecule has 2 N–H and O–H groups in total. The van der Waals surface area contributed by atoms with Gasteiger partial charge < -0.3 is 5.73 Å². The molecule has 0 spiro atoms. The number of hydrogen-bond donors (Lipinski definition) is 1. The van der Waals surface area contributed by atoms with Crippen molar-refractivity contribution in [3.63, 3.8) is 0 Å². The molecule has 6 heteroatoms. The van der Waals surface area contributed by atoms with Crippen LogP contribution in [0.1, 0.15) is 5.01 Å². The molecule has 2 aromatic heterocycles. The molecule has 12 heavy (non-hydrogen) atoms. The van der Waals surface area contributed by atoms with Crippen molar-refractivity contribution in [2.24, 2.45) is 0 Å². The first kappa shape index (κ1) is 7.63. The van der Waals surface area contributed by atoms with Crippen LogP contribution in [0.25, 0.3) is 10.7 Å². The summed E-state index contributed by atoms with van der Waals surface area (Å²) in [6.45, 7) is 1.95. The summed E-state index contributed by atoms with van der Waals surface area (Å²) in [5, 5.41) is 1.51. The minimum absolute atomic E-state index is 0.496. The zero-order valence-corrected chi connectivity index (χ0v) is 7.95. The summed E-state index contributed by atoms with van der Waals surface area (Å²) in [5.41, 5.74) is 5.45. The van der Waals surface area contributed by atoms with Crippen LogP contribution in [0.3, 0.4) is 0 Å². The van der Waals surface area contributed by atoms with Crippen LogP contribution < -0.4 is 5.73 Å². The van der Waals surface area contributed by atoms with Gasteiger partial charge in [0.2, 0.25) is 0 Å². The number of nitrogen functional groups attached to an aromatic ring is 1. The molecule has 0 aromatic carbocycles. The maximum absolute atomic E-state index is 5.45. The maximum Gasteiger partial charge on any atom is 0.200 e. The molecule has 0 atom stereocenters. The molecule has 0 unspecified atom stereocenters. The van der Waals surface area contributed by atoms with Crippen molar-refractivity contribution in [2.75, 3.05) is 5.73 Å². The van der Waals surface area contributed by atoms with Gasteiger partial charge in [-0.1, -0.05) is 0 Å². The van der Waals surface area contributed by atoms with Gasteiger partial charge in [-0.25, -0.2) is 4.98 Å². The second-order valence-electron chi connectivity index (χ2n) is 2.20. The van der Waals surface area contributed by atoms with Gasteiger partial charge >= 0.3 is 0 Å². The van der Waals surface area contributed by atoms with Crippen LogP contribution in [0.5, 0.6) is 0 Å². The quantitative estimate of drug-likeness (QED) is 0.755. The van der Waals surface area contributed by atoms with E-state index in [1.807, 2.05) is 6.92 Å². The normalized spacial score (nSPS) is 10.4. The van der Waals surface area contributed by atoms with Gasteiger partial charge in [-0.05, 0) is 6.92 Å².